The number of nitrogens with zero attached hydrogens (tertiary/aromatic N) is 1. The molecule has 0 aromatic rings. The van der Waals surface area contributed by atoms with Crippen LogP contribution in [0.1, 0.15) is 40.5 Å². The van der Waals surface area contributed by atoms with E-state index in [-0.39, 0.29) is 0 Å². The topological polar surface area (TPSA) is 15.3 Å². The van der Waals surface area contributed by atoms with Gasteiger partial charge in [0.15, 0.2) is 0 Å². The molecule has 0 bridgehead atoms. The molecule has 3 heteroatoms. The maximum atomic E-state index is 3.72. The highest BCUT2D eigenvalue weighted by molar-refractivity contribution is 7.98. The van der Waals surface area contributed by atoms with Crippen LogP contribution in [0.25, 0.3) is 0 Å². The average Bonchev–Trinajstić information content (AvgIpc) is 2.36. The van der Waals surface area contributed by atoms with Crippen molar-refractivity contribution in [2.24, 2.45) is 5.92 Å². The largest absolute Gasteiger partial charge is 0.311 e. The van der Waals surface area contributed by atoms with E-state index < -0.39 is 0 Å². The van der Waals surface area contributed by atoms with Crippen molar-refractivity contribution in [2.75, 3.05) is 25.1 Å². The lowest BCUT2D eigenvalue weighted by Gasteiger charge is -2.44. The van der Waals surface area contributed by atoms with Crippen LogP contribution < -0.4 is 5.32 Å². The molecule has 102 valence electrons. The van der Waals surface area contributed by atoms with Crippen LogP contribution in [-0.4, -0.2) is 48.1 Å². The van der Waals surface area contributed by atoms with E-state index in [4.69, 9.17) is 0 Å². The van der Waals surface area contributed by atoms with Crippen molar-refractivity contribution in [3.05, 3.63) is 0 Å². The smallest absolute Gasteiger partial charge is 0.0221 e. The summed E-state index contributed by atoms with van der Waals surface area (Å²) in [5, 5.41) is 3.72. The van der Waals surface area contributed by atoms with E-state index in [1.54, 1.807) is 0 Å². The number of rotatable bonds is 6. The monoisotopic (exact) mass is 258 g/mol. The Labute approximate surface area is 112 Å². The lowest BCUT2D eigenvalue weighted by molar-refractivity contribution is 0.0823. The van der Waals surface area contributed by atoms with Crippen LogP contribution in [0.3, 0.4) is 0 Å². The molecule has 1 rings (SSSR count). The van der Waals surface area contributed by atoms with Gasteiger partial charge in [0.25, 0.3) is 0 Å². The Bertz CT molecular complexity index is 210. The zero-order valence-electron chi connectivity index (χ0n) is 12.2. The second-order valence-electron chi connectivity index (χ2n) is 5.46. The minimum atomic E-state index is 0.687. The molecule has 1 aliphatic heterocycles. The van der Waals surface area contributed by atoms with Gasteiger partial charge in [-0.1, -0.05) is 27.2 Å². The molecule has 1 saturated heterocycles. The fourth-order valence-corrected chi connectivity index (χ4v) is 3.54. The highest BCUT2D eigenvalue weighted by Crippen LogP contribution is 2.20. The molecular weight excluding hydrogens is 228 g/mol. The average molecular weight is 258 g/mol. The van der Waals surface area contributed by atoms with Gasteiger partial charge in [-0.15, -0.1) is 0 Å². The molecule has 1 heterocycles. The molecule has 0 aromatic heterocycles. The molecule has 0 radical (unpaired) electrons. The molecule has 17 heavy (non-hydrogen) atoms. The third-order valence-corrected chi connectivity index (χ3v) is 5.00. The van der Waals surface area contributed by atoms with Crippen LogP contribution in [0, 0.1) is 5.92 Å². The van der Waals surface area contributed by atoms with Crippen LogP contribution in [0.4, 0.5) is 0 Å². The van der Waals surface area contributed by atoms with Crippen molar-refractivity contribution in [1.29, 1.82) is 0 Å². The van der Waals surface area contributed by atoms with E-state index >= 15 is 0 Å². The Hall–Kier alpha value is 0.270. The second-order valence-corrected chi connectivity index (χ2v) is 6.37. The molecule has 0 amide bonds. The first-order valence-corrected chi connectivity index (χ1v) is 8.51. The zero-order valence-corrected chi connectivity index (χ0v) is 13.0. The van der Waals surface area contributed by atoms with Crippen LogP contribution >= 0.6 is 11.8 Å². The molecule has 2 nitrogen and oxygen atoms in total. The Kier molecular flexibility index (Phi) is 6.90. The predicted octanol–water partition coefficient (Wildman–Crippen LogP) is 2.84. The number of nitrogens with one attached hydrogen (secondary N) is 1. The minimum absolute atomic E-state index is 0.687. The van der Waals surface area contributed by atoms with Crippen LogP contribution in [0.2, 0.25) is 0 Å². The SMILES string of the molecule is CCC(C)C1CN(C(CC)CSC)C(C)CN1. The Morgan fingerprint density at radius 3 is 2.59 bits per heavy atom. The molecule has 4 atom stereocenters. The van der Waals surface area contributed by atoms with Gasteiger partial charge in [-0.2, -0.15) is 11.8 Å². The van der Waals surface area contributed by atoms with Crippen molar-refractivity contribution in [1.82, 2.24) is 10.2 Å². The second kappa shape index (κ2) is 7.65. The summed E-state index contributed by atoms with van der Waals surface area (Å²) >= 11 is 1.98. The number of thioether (sulfide) groups is 1. The highest BCUT2D eigenvalue weighted by atomic mass is 32.2. The normalized spacial score (nSPS) is 30.2. The Morgan fingerprint density at radius 1 is 1.35 bits per heavy atom. The van der Waals surface area contributed by atoms with Crippen molar-refractivity contribution in [2.45, 2.75) is 58.7 Å². The highest BCUT2D eigenvalue weighted by Gasteiger charge is 2.31. The van der Waals surface area contributed by atoms with Crippen molar-refractivity contribution < 1.29 is 0 Å². The lowest BCUT2D eigenvalue weighted by atomic mass is 9.94. The summed E-state index contributed by atoms with van der Waals surface area (Å²) < 4.78 is 0. The van der Waals surface area contributed by atoms with Crippen LogP contribution in [-0.2, 0) is 0 Å². The molecule has 0 saturated carbocycles. The van der Waals surface area contributed by atoms with E-state index in [0.29, 0.717) is 12.1 Å². The van der Waals surface area contributed by atoms with Gasteiger partial charge in [0.1, 0.15) is 0 Å². The van der Waals surface area contributed by atoms with E-state index in [0.717, 1.165) is 18.5 Å². The number of hydrogen-bond acceptors (Lipinski definition) is 3. The summed E-state index contributed by atoms with van der Waals surface area (Å²) in [6.45, 7) is 11.8. The van der Waals surface area contributed by atoms with Gasteiger partial charge in [-0.3, -0.25) is 4.90 Å². The summed E-state index contributed by atoms with van der Waals surface area (Å²) in [5.74, 6) is 2.06. The first kappa shape index (κ1) is 15.3. The van der Waals surface area contributed by atoms with E-state index in [1.165, 1.54) is 25.1 Å². The maximum absolute atomic E-state index is 3.72. The van der Waals surface area contributed by atoms with Crippen molar-refractivity contribution in [3.8, 4) is 0 Å². The van der Waals surface area contributed by atoms with E-state index in [1.807, 2.05) is 11.8 Å². The first-order valence-electron chi connectivity index (χ1n) is 7.12. The Balaban J connectivity index is 2.61. The molecule has 4 unspecified atom stereocenters. The van der Waals surface area contributed by atoms with Gasteiger partial charge in [-0.05, 0) is 25.5 Å². The van der Waals surface area contributed by atoms with Gasteiger partial charge >= 0.3 is 0 Å². The van der Waals surface area contributed by atoms with Crippen molar-refractivity contribution >= 4 is 11.8 Å². The van der Waals surface area contributed by atoms with Crippen LogP contribution in [0.15, 0.2) is 0 Å². The molecule has 0 aliphatic carbocycles. The molecule has 1 N–H and O–H groups in total. The molecular formula is C14H30N2S. The summed E-state index contributed by atoms with van der Waals surface area (Å²) in [6.07, 6.45) is 4.78. The van der Waals surface area contributed by atoms with Crippen LogP contribution in [0.5, 0.6) is 0 Å². The van der Waals surface area contributed by atoms with E-state index in [9.17, 15) is 0 Å². The zero-order chi connectivity index (χ0) is 12.8. The fraction of sp³-hybridized carbons (Fsp3) is 1.00. The Morgan fingerprint density at radius 2 is 2.06 bits per heavy atom. The van der Waals surface area contributed by atoms with Crippen molar-refractivity contribution in [3.63, 3.8) is 0 Å². The van der Waals surface area contributed by atoms with E-state index in [2.05, 4.69) is 44.2 Å². The molecule has 1 fully saturated rings. The summed E-state index contributed by atoms with van der Waals surface area (Å²) in [4.78, 5) is 2.74. The van der Waals surface area contributed by atoms with Gasteiger partial charge in [0, 0.05) is 37.0 Å². The first-order chi connectivity index (χ1) is 8.13. The predicted molar refractivity (Wildman–Crippen MR) is 79.9 cm³/mol. The van der Waals surface area contributed by atoms with Gasteiger partial charge < -0.3 is 5.32 Å². The molecule has 1 aliphatic rings. The lowest BCUT2D eigenvalue weighted by Crippen LogP contribution is -2.60. The summed E-state index contributed by atoms with van der Waals surface area (Å²) in [7, 11) is 0. The number of hydrogen-bond donors (Lipinski definition) is 1. The quantitative estimate of drug-likeness (QED) is 0.789. The third-order valence-electron chi connectivity index (χ3n) is 4.28. The fourth-order valence-electron chi connectivity index (χ4n) is 2.73. The van der Waals surface area contributed by atoms with Gasteiger partial charge in [0.05, 0.1) is 0 Å². The molecule has 0 aromatic carbocycles. The standard InChI is InChI=1S/C14H30N2S/c1-6-11(3)14-9-16(12(4)8-15-14)13(7-2)10-17-5/h11-15H,6-10H2,1-5H3. The number of piperazine rings is 1. The minimum Gasteiger partial charge on any atom is -0.311 e. The van der Waals surface area contributed by atoms with Gasteiger partial charge in [-0.25, -0.2) is 0 Å². The molecule has 0 spiro atoms. The third kappa shape index (κ3) is 4.15. The summed E-state index contributed by atoms with van der Waals surface area (Å²) in [5.41, 5.74) is 0. The summed E-state index contributed by atoms with van der Waals surface area (Å²) in [6, 6.07) is 2.13. The van der Waals surface area contributed by atoms with Gasteiger partial charge in [0.2, 0.25) is 0 Å². The maximum Gasteiger partial charge on any atom is 0.0221 e.